The third-order valence-electron chi connectivity index (χ3n) is 1.77. The number of aromatic carboxylic acids is 1. The van der Waals surface area contributed by atoms with Crippen LogP contribution in [0.2, 0.25) is 0 Å². The van der Waals surface area contributed by atoms with Crippen molar-refractivity contribution in [2.24, 2.45) is 0 Å². The molecule has 0 atom stereocenters. The average Bonchev–Trinajstić information content (AvgIpc) is 2.31. The third kappa shape index (κ3) is 5.50. The summed E-state index contributed by atoms with van der Waals surface area (Å²) >= 11 is 0. The first-order valence-corrected chi connectivity index (χ1v) is 4.68. The van der Waals surface area contributed by atoms with Crippen molar-refractivity contribution >= 4 is 5.97 Å². The largest absolute Gasteiger partial charge is 2.00 e. The second-order valence-corrected chi connectivity index (χ2v) is 3.01. The fourth-order valence-corrected chi connectivity index (χ4v) is 0.972. The SMILES string of the molecule is O=C(O)c1c[c-]ccc1O.Oc1cc[c-]cc1.[W+2]. The fourth-order valence-electron chi connectivity index (χ4n) is 0.972. The van der Waals surface area contributed by atoms with E-state index in [1.54, 1.807) is 24.3 Å². The first-order chi connectivity index (χ1) is 8.11. The van der Waals surface area contributed by atoms with Crippen molar-refractivity contribution < 1.29 is 41.2 Å². The van der Waals surface area contributed by atoms with Crippen LogP contribution < -0.4 is 0 Å². The summed E-state index contributed by atoms with van der Waals surface area (Å²) in [5.74, 6) is -1.08. The Kier molecular flexibility index (Phi) is 7.48. The number of phenols is 2. The molecule has 5 heteroatoms. The predicted octanol–water partition coefficient (Wildman–Crippen LogP) is 2.08. The Labute approximate surface area is 119 Å². The van der Waals surface area contributed by atoms with E-state index < -0.39 is 5.97 Å². The number of hydrogen-bond donors (Lipinski definition) is 3. The summed E-state index contributed by atoms with van der Waals surface area (Å²) in [6, 6.07) is 15.8. The summed E-state index contributed by atoms with van der Waals surface area (Å²) in [7, 11) is 0. The minimum Gasteiger partial charge on any atom is -0.533 e. The summed E-state index contributed by atoms with van der Waals surface area (Å²) in [6.45, 7) is 0. The van der Waals surface area contributed by atoms with E-state index in [1.807, 2.05) is 0 Å². The molecule has 0 spiro atoms. The quantitative estimate of drug-likeness (QED) is 0.625. The monoisotopic (exact) mass is 414 g/mol. The van der Waals surface area contributed by atoms with Crippen LogP contribution in [0.5, 0.6) is 11.5 Å². The second-order valence-electron chi connectivity index (χ2n) is 3.01. The van der Waals surface area contributed by atoms with Gasteiger partial charge in [-0.1, -0.05) is 0 Å². The Hall–Kier alpha value is -1.80. The number of rotatable bonds is 1. The maximum atomic E-state index is 10.2. The van der Waals surface area contributed by atoms with Crippen molar-refractivity contribution in [3.63, 3.8) is 0 Å². The zero-order chi connectivity index (χ0) is 12.7. The molecule has 0 amide bonds. The Morgan fingerprint density at radius 2 is 1.56 bits per heavy atom. The van der Waals surface area contributed by atoms with Crippen molar-refractivity contribution in [1.82, 2.24) is 0 Å². The van der Waals surface area contributed by atoms with Gasteiger partial charge < -0.3 is 15.3 Å². The summed E-state index contributed by atoms with van der Waals surface area (Å²) in [6.07, 6.45) is 0. The van der Waals surface area contributed by atoms with Crippen LogP contribution in [-0.2, 0) is 21.1 Å². The van der Waals surface area contributed by atoms with E-state index in [2.05, 4.69) is 12.1 Å². The minimum atomic E-state index is -1.14. The van der Waals surface area contributed by atoms with Gasteiger partial charge in [0.15, 0.2) is 0 Å². The Bertz CT molecular complexity index is 485. The van der Waals surface area contributed by atoms with E-state index in [9.17, 15) is 4.79 Å². The van der Waals surface area contributed by atoms with Crippen LogP contribution in [0, 0.1) is 12.1 Å². The number of benzene rings is 2. The molecule has 4 nitrogen and oxygen atoms in total. The molecule has 0 aliphatic carbocycles. The molecule has 92 valence electrons. The number of carboxylic acid groups (broad SMARTS) is 1. The van der Waals surface area contributed by atoms with E-state index in [4.69, 9.17) is 15.3 Å². The molecule has 0 heterocycles. The average molecular weight is 414 g/mol. The van der Waals surface area contributed by atoms with E-state index in [0.717, 1.165) is 0 Å². The van der Waals surface area contributed by atoms with Crippen molar-refractivity contribution in [2.75, 3.05) is 0 Å². The van der Waals surface area contributed by atoms with Gasteiger partial charge in [-0.3, -0.25) is 4.79 Å². The number of aromatic hydroxyl groups is 2. The van der Waals surface area contributed by atoms with Crippen LogP contribution in [0.4, 0.5) is 0 Å². The van der Waals surface area contributed by atoms with E-state index in [0.29, 0.717) is 5.75 Å². The zero-order valence-electron chi connectivity index (χ0n) is 9.20. The van der Waals surface area contributed by atoms with Crippen LogP contribution in [0.15, 0.2) is 42.5 Å². The van der Waals surface area contributed by atoms with Crippen LogP contribution >= 0.6 is 0 Å². The third-order valence-corrected chi connectivity index (χ3v) is 1.77. The first kappa shape index (κ1) is 16.2. The van der Waals surface area contributed by atoms with Gasteiger partial charge >= 0.3 is 21.1 Å². The summed E-state index contributed by atoms with van der Waals surface area (Å²) in [5, 5.41) is 25.9. The van der Waals surface area contributed by atoms with Gasteiger partial charge in [0.05, 0.1) is 0 Å². The predicted molar refractivity (Wildman–Crippen MR) is 60.8 cm³/mol. The molecule has 3 N–H and O–H groups in total. The van der Waals surface area contributed by atoms with Crippen molar-refractivity contribution in [1.29, 1.82) is 0 Å². The second kappa shape index (κ2) is 8.31. The summed E-state index contributed by atoms with van der Waals surface area (Å²) in [5.41, 5.74) is -0.123. The van der Waals surface area contributed by atoms with E-state index >= 15 is 0 Å². The molecule has 0 fully saturated rings. The van der Waals surface area contributed by atoms with Crippen molar-refractivity contribution in [2.45, 2.75) is 0 Å². The summed E-state index contributed by atoms with van der Waals surface area (Å²) in [4.78, 5) is 10.2. The van der Waals surface area contributed by atoms with Crippen LogP contribution in [-0.4, -0.2) is 21.3 Å². The van der Waals surface area contributed by atoms with Crippen molar-refractivity contribution in [3.05, 3.63) is 60.2 Å². The molecule has 0 saturated heterocycles. The maximum Gasteiger partial charge on any atom is 2.00 e. The normalized spacial score (nSPS) is 8.44. The Balaban J connectivity index is 0.000000321. The van der Waals surface area contributed by atoms with E-state index in [-0.39, 0.29) is 32.4 Å². The fraction of sp³-hybridized carbons (Fsp3) is 0. The molecule has 2 rings (SSSR count). The molecule has 0 aliphatic heterocycles. The minimum absolute atomic E-state index is 0. The molecule has 2 aromatic rings. The van der Waals surface area contributed by atoms with Gasteiger partial charge in [-0.05, 0) is 5.56 Å². The smallest absolute Gasteiger partial charge is 0.533 e. The van der Waals surface area contributed by atoms with Crippen LogP contribution in [0.25, 0.3) is 0 Å². The molecular weight excluding hydrogens is 404 g/mol. The van der Waals surface area contributed by atoms with Crippen molar-refractivity contribution in [3.8, 4) is 11.5 Å². The Morgan fingerprint density at radius 3 is 1.89 bits per heavy atom. The van der Waals surface area contributed by atoms with Gasteiger partial charge in [0.1, 0.15) is 0 Å². The number of hydrogen-bond acceptors (Lipinski definition) is 3. The van der Waals surface area contributed by atoms with Crippen LogP contribution in [0.1, 0.15) is 10.4 Å². The number of carbonyl (C=O) groups is 1. The zero-order valence-corrected chi connectivity index (χ0v) is 12.1. The standard InChI is InChI=1S/C7H5O3.C6H5O.W/c8-6-4-2-1-3-5(6)7(9)10;7-6-4-2-1-3-5-6;/h2-4,8H,(H,9,10);2-5,7H;/q2*-1;+2. The molecule has 18 heavy (non-hydrogen) atoms. The molecule has 0 aromatic heterocycles. The van der Waals surface area contributed by atoms with Gasteiger partial charge in [-0.25, -0.2) is 0 Å². The van der Waals surface area contributed by atoms with Crippen LogP contribution in [0.3, 0.4) is 0 Å². The maximum absolute atomic E-state index is 10.2. The van der Waals surface area contributed by atoms with E-state index in [1.165, 1.54) is 18.2 Å². The number of phenolic OH excluding ortho intramolecular Hbond substituents is 1. The van der Waals surface area contributed by atoms with Gasteiger partial charge in [-0.15, -0.1) is 18.2 Å². The molecule has 0 radical (unpaired) electrons. The topological polar surface area (TPSA) is 77.8 Å². The number of carboxylic acids is 1. The van der Waals surface area contributed by atoms with Gasteiger partial charge in [0, 0.05) is 11.5 Å². The molecule has 0 saturated carbocycles. The van der Waals surface area contributed by atoms with Gasteiger partial charge in [-0.2, -0.15) is 36.4 Å². The molecule has 0 bridgehead atoms. The van der Waals surface area contributed by atoms with Gasteiger partial charge in [0.25, 0.3) is 5.97 Å². The Morgan fingerprint density at radius 1 is 1.00 bits per heavy atom. The first-order valence-electron chi connectivity index (χ1n) is 4.68. The molecular formula is C13H10O4W. The van der Waals surface area contributed by atoms with Gasteiger partial charge in [0.2, 0.25) is 0 Å². The molecule has 0 aliphatic rings. The molecule has 2 aromatic carbocycles. The summed E-state index contributed by atoms with van der Waals surface area (Å²) < 4.78 is 0. The molecule has 0 unspecified atom stereocenters.